The molecule has 0 amide bonds. The summed E-state index contributed by atoms with van der Waals surface area (Å²) in [5.41, 5.74) is -0.462. The fourth-order valence-corrected chi connectivity index (χ4v) is 2.36. The predicted octanol–water partition coefficient (Wildman–Crippen LogP) is 1.67. The number of piperidine rings is 1. The average Bonchev–Trinajstić information content (AvgIpc) is 2.46. The number of rotatable bonds is 3. The van der Waals surface area contributed by atoms with Crippen LogP contribution in [0.25, 0.3) is 0 Å². The average molecular weight is 274 g/mol. The minimum Gasteiger partial charge on any atom is -0.357 e. The summed E-state index contributed by atoms with van der Waals surface area (Å²) in [5.74, 6) is 0.827. The highest BCUT2D eigenvalue weighted by Gasteiger charge is 2.24. The quantitative estimate of drug-likeness (QED) is 0.614. The van der Waals surface area contributed by atoms with Crippen LogP contribution in [0.1, 0.15) is 25.5 Å². The molecule has 1 aromatic heterocycles. The third kappa shape index (κ3) is 2.74. The van der Waals surface area contributed by atoms with E-state index in [0.29, 0.717) is 18.9 Å². The molecule has 1 aromatic rings. The number of Topliss-reactive ketones (excluding diaryl/α,β-unsaturated/α-hetero) is 1. The van der Waals surface area contributed by atoms with E-state index in [4.69, 9.17) is 5.26 Å². The number of nitrogens with zero attached hydrogens (tertiary/aromatic N) is 4. The van der Waals surface area contributed by atoms with Crippen LogP contribution < -0.4 is 4.90 Å². The molecule has 0 aliphatic carbocycles. The minimum atomic E-state index is -0.614. The first-order valence-corrected chi connectivity index (χ1v) is 6.34. The van der Waals surface area contributed by atoms with E-state index in [2.05, 4.69) is 4.98 Å². The van der Waals surface area contributed by atoms with Crippen LogP contribution in [0.15, 0.2) is 12.1 Å². The lowest BCUT2D eigenvalue weighted by Gasteiger charge is -2.31. The number of pyridine rings is 1. The van der Waals surface area contributed by atoms with Gasteiger partial charge in [-0.2, -0.15) is 5.26 Å². The molecule has 2 heterocycles. The molecule has 0 atom stereocenters. The maximum absolute atomic E-state index is 11.3. The first-order chi connectivity index (χ1) is 9.52. The lowest BCUT2D eigenvalue weighted by Crippen LogP contribution is -2.36. The molecule has 7 nitrogen and oxygen atoms in total. The van der Waals surface area contributed by atoms with Gasteiger partial charge >= 0.3 is 5.69 Å². The SMILES string of the molecule is CC(=O)C1CCN(c2ccc([N+](=O)[O-])c(C#N)n2)CC1. The molecule has 0 unspecified atom stereocenters. The van der Waals surface area contributed by atoms with Crippen molar-refractivity contribution in [1.29, 1.82) is 5.26 Å². The number of carbonyl (C=O) groups is 1. The largest absolute Gasteiger partial charge is 0.357 e. The second kappa shape index (κ2) is 5.65. The van der Waals surface area contributed by atoms with Gasteiger partial charge in [0.2, 0.25) is 5.69 Å². The van der Waals surface area contributed by atoms with Crippen LogP contribution in [0.4, 0.5) is 11.5 Å². The maximum atomic E-state index is 11.3. The third-order valence-electron chi connectivity index (χ3n) is 3.56. The van der Waals surface area contributed by atoms with Crippen LogP contribution in [0.5, 0.6) is 0 Å². The van der Waals surface area contributed by atoms with Gasteiger partial charge in [0.05, 0.1) is 4.92 Å². The van der Waals surface area contributed by atoms with Gasteiger partial charge in [-0.1, -0.05) is 0 Å². The van der Waals surface area contributed by atoms with E-state index in [-0.39, 0.29) is 23.1 Å². The molecule has 20 heavy (non-hydrogen) atoms. The molecular weight excluding hydrogens is 260 g/mol. The van der Waals surface area contributed by atoms with Gasteiger partial charge in [-0.05, 0) is 25.8 Å². The third-order valence-corrected chi connectivity index (χ3v) is 3.56. The van der Waals surface area contributed by atoms with Crippen molar-refractivity contribution in [3.8, 4) is 6.07 Å². The molecule has 1 aliphatic heterocycles. The van der Waals surface area contributed by atoms with Gasteiger partial charge < -0.3 is 4.90 Å². The zero-order chi connectivity index (χ0) is 14.7. The highest BCUT2D eigenvalue weighted by atomic mass is 16.6. The summed E-state index contributed by atoms with van der Waals surface area (Å²) in [7, 11) is 0. The molecule has 104 valence electrons. The Morgan fingerprint density at radius 1 is 1.50 bits per heavy atom. The highest BCUT2D eigenvalue weighted by Crippen LogP contribution is 2.25. The zero-order valence-corrected chi connectivity index (χ0v) is 11.1. The summed E-state index contributed by atoms with van der Waals surface area (Å²) in [4.78, 5) is 27.4. The number of hydrogen-bond donors (Lipinski definition) is 0. The van der Waals surface area contributed by atoms with Gasteiger partial charge in [0.15, 0.2) is 0 Å². The topological polar surface area (TPSA) is 100 Å². The minimum absolute atomic E-state index is 0.0831. The molecule has 7 heteroatoms. The Balaban J connectivity index is 2.17. The molecule has 1 saturated heterocycles. The molecule has 0 aromatic carbocycles. The van der Waals surface area contributed by atoms with E-state index < -0.39 is 4.92 Å². The summed E-state index contributed by atoms with van der Waals surface area (Å²) < 4.78 is 0. The summed E-state index contributed by atoms with van der Waals surface area (Å²) in [5, 5.41) is 19.7. The molecule has 1 fully saturated rings. The van der Waals surface area contributed by atoms with Crippen LogP contribution >= 0.6 is 0 Å². The van der Waals surface area contributed by atoms with Crippen molar-refractivity contribution in [1.82, 2.24) is 4.98 Å². The second-order valence-electron chi connectivity index (χ2n) is 4.78. The lowest BCUT2D eigenvalue weighted by atomic mass is 9.93. The number of hydrogen-bond acceptors (Lipinski definition) is 6. The molecule has 0 N–H and O–H groups in total. The number of nitro groups is 1. The van der Waals surface area contributed by atoms with Gasteiger partial charge in [-0.25, -0.2) is 4.98 Å². The van der Waals surface area contributed by atoms with E-state index in [1.807, 2.05) is 4.90 Å². The first kappa shape index (κ1) is 13.9. The summed E-state index contributed by atoms with van der Waals surface area (Å²) in [6, 6.07) is 4.60. The molecule has 0 radical (unpaired) electrons. The Hall–Kier alpha value is -2.49. The van der Waals surface area contributed by atoms with Crippen LogP contribution in [0.3, 0.4) is 0 Å². The van der Waals surface area contributed by atoms with E-state index in [0.717, 1.165) is 12.8 Å². The molecular formula is C13H14N4O3. The molecule has 2 rings (SSSR count). The summed E-state index contributed by atoms with van der Waals surface area (Å²) in [6.45, 7) is 2.93. The first-order valence-electron chi connectivity index (χ1n) is 6.34. The normalized spacial score (nSPS) is 15.7. The van der Waals surface area contributed by atoms with Crippen LogP contribution in [-0.4, -0.2) is 28.8 Å². The van der Waals surface area contributed by atoms with Crippen LogP contribution in [0, 0.1) is 27.4 Å². The number of ketones is 1. The standard InChI is InChI=1S/C13H14N4O3/c1-9(18)10-4-6-16(7-5-10)13-3-2-12(17(19)20)11(8-14)15-13/h2-3,10H,4-7H2,1H3. The monoisotopic (exact) mass is 274 g/mol. The van der Waals surface area contributed by atoms with Gasteiger partial charge in [-0.15, -0.1) is 0 Å². The fourth-order valence-electron chi connectivity index (χ4n) is 2.36. The van der Waals surface area contributed by atoms with Crippen molar-refractivity contribution >= 4 is 17.3 Å². The fraction of sp³-hybridized carbons (Fsp3) is 0.462. The molecule has 1 aliphatic rings. The Bertz CT molecular complexity index is 586. The smallest absolute Gasteiger partial charge is 0.305 e. The van der Waals surface area contributed by atoms with Crippen molar-refractivity contribution in [3.63, 3.8) is 0 Å². The number of nitriles is 1. The van der Waals surface area contributed by atoms with E-state index in [9.17, 15) is 14.9 Å². The van der Waals surface area contributed by atoms with Crippen molar-refractivity contribution in [2.45, 2.75) is 19.8 Å². The highest BCUT2D eigenvalue weighted by molar-refractivity contribution is 5.78. The summed E-state index contributed by atoms with van der Waals surface area (Å²) in [6.07, 6.45) is 1.49. The van der Waals surface area contributed by atoms with E-state index in [1.165, 1.54) is 6.07 Å². The van der Waals surface area contributed by atoms with Crippen molar-refractivity contribution in [3.05, 3.63) is 27.9 Å². The van der Waals surface area contributed by atoms with Gasteiger partial charge in [0.1, 0.15) is 17.7 Å². The molecule has 0 saturated carbocycles. The maximum Gasteiger partial charge on any atom is 0.305 e. The Morgan fingerprint density at radius 3 is 2.65 bits per heavy atom. The Kier molecular flexibility index (Phi) is 3.94. The number of anilines is 1. The lowest BCUT2D eigenvalue weighted by molar-refractivity contribution is -0.385. The van der Waals surface area contributed by atoms with Crippen LogP contribution in [-0.2, 0) is 4.79 Å². The summed E-state index contributed by atoms with van der Waals surface area (Å²) >= 11 is 0. The van der Waals surface area contributed by atoms with E-state index in [1.54, 1.807) is 19.1 Å². The number of carbonyl (C=O) groups excluding carboxylic acids is 1. The predicted molar refractivity (Wildman–Crippen MR) is 71.2 cm³/mol. The van der Waals surface area contributed by atoms with Gasteiger partial charge in [0.25, 0.3) is 0 Å². The van der Waals surface area contributed by atoms with Crippen molar-refractivity contribution in [2.24, 2.45) is 5.92 Å². The van der Waals surface area contributed by atoms with Gasteiger partial charge in [0, 0.05) is 25.1 Å². The molecule has 0 spiro atoms. The Morgan fingerprint density at radius 2 is 2.15 bits per heavy atom. The Labute approximate surface area is 116 Å². The van der Waals surface area contributed by atoms with Crippen molar-refractivity contribution < 1.29 is 9.72 Å². The van der Waals surface area contributed by atoms with Crippen LogP contribution in [0.2, 0.25) is 0 Å². The molecule has 0 bridgehead atoms. The second-order valence-corrected chi connectivity index (χ2v) is 4.78. The zero-order valence-electron chi connectivity index (χ0n) is 11.1. The number of aromatic nitrogens is 1. The van der Waals surface area contributed by atoms with Crippen molar-refractivity contribution in [2.75, 3.05) is 18.0 Å². The van der Waals surface area contributed by atoms with Gasteiger partial charge in [-0.3, -0.25) is 14.9 Å². The van der Waals surface area contributed by atoms with E-state index >= 15 is 0 Å².